The second-order valence-electron chi connectivity index (χ2n) is 9.24. The highest BCUT2D eigenvalue weighted by Gasteiger charge is 2.24. The molecule has 5 rings (SSSR count). The third-order valence-electron chi connectivity index (χ3n) is 6.62. The molecule has 3 aromatic rings. The van der Waals surface area contributed by atoms with E-state index >= 15 is 0 Å². The van der Waals surface area contributed by atoms with Gasteiger partial charge in [0, 0.05) is 30.4 Å². The van der Waals surface area contributed by atoms with Gasteiger partial charge in [-0.3, -0.25) is 0 Å². The van der Waals surface area contributed by atoms with E-state index in [2.05, 4.69) is 82.6 Å². The first-order valence-corrected chi connectivity index (χ1v) is 12.9. The number of hydrogen-bond donors (Lipinski definition) is 0. The van der Waals surface area contributed by atoms with E-state index in [4.69, 9.17) is 9.15 Å². The van der Waals surface area contributed by atoms with Crippen molar-refractivity contribution in [2.75, 3.05) is 32.1 Å². The predicted octanol–water partition coefficient (Wildman–Crippen LogP) is 5.98. The molecule has 2 heterocycles. The highest BCUT2D eigenvalue weighted by molar-refractivity contribution is 5.59. The van der Waals surface area contributed by atoms with Gasteiger partial charge in [0.05, 0.1) is 6.42 Å². The van der Waals surface area contributed by atoms with E-state index in [1.807, 2.05) is 26.0 Å². The summed E-state index contributed by atoms with van der Waals surface area (Å²) in [7, 11) is 4.31. The van der Waals surface area contributed by atoms with E-state index in [0.717, 1.165) is 42.8 Å². The van der Waals surface area contributed by atoms with Crippen LogP contribution in [-0.4, -0.2) is 54.4 Å². The topological polar surface area (TPSA) is 54.6 Å². The molecule has 0 spiro atoms. The lowest BCUT2D eigenvalue weighted by atomic mass is 10.1. The van der Waals surface area contributed by atoms with Gasteiger partial charge in [0.2, 0.25) is 11.8 Å². The molecular formula is C29H38N4O2. The van der Waals surface area contributed by atoms with E-state index in [1.54, 1.807) is 0 Å². The van der Waals surface area contributed by atoms with Crippen LogP contribution in [0, 0.1) is 0 Å². The smallest absolute Gasteiger partial charge is 0.247 e. The van der Waals surface area contributed by atoms with Gasteiger partial charge in [-0.25, -0.2) is 0 Å². The van der Waals surface area contributed by atoms with Crippen molar-refractivity contribution in [3.05, 3.63) is 72.1 Å². The van der Waals surface area contributed by atoms with Crippen LogP contribution in [0.5, 0.6) is 5.75 Å². The molecule has 35 heavy (non-hydrogen) atoms. The molecule has 0 bridgehead atoms. The molecule has 1 fully saturated rings. The first-order valence-electron chi connectivity index (χ1n) is 12.9. The fourth-order valence-corrected chi connectivity index (χ4v) is 4.57. The van der Waals surface area contributed by atoms with Gasteiger partial charge in [-0.1, -0.05) is 32.1 Å². The van der Waals surface area contributed by atoms with Gasteiger partial charge >= 0.3 is 0 Å². The maximum Gasteiger partial charge on any atom is 0.247 e. The SMILES string of the molecule is CC.CN(C)C1CCN(c2ccc(-c3nnc(Cc4ccc(OC5C=CCCC5)cc4)o3)cc2)C1. The molecule has 186 valence electrons. The number of nitrogens with zero attached hydrogens (tertiary/aromatic N) is 4. The molecule has 1 aliphatic carbocycles. The van der Waals surface area contributed by atoms with E-state index in [1.165, 1.54) is 18.5 Å². The van der Waals surface area contributed by atoms with Crippen molar-refractivity contribution >= 4 is 5.69 Å². The van der Waals surface area contributed by atoms with Crippen molar-refractivity contribution in [2.45, 2.75) is 58.1 Å². The van der Waals surface area contributed by atoms with Crippen LogP contribution in [0.3, 0.4) is 0 Å². The first-order chi connectivity index (χ1) is 17.1. The van der Waals surface area contributed by atoms with E-state index in [0.29, 0.717) is 24.2 Å². The Labute approximate surface area is 209 Å². The van der Waals surface area contributed by atoms with Gasteiger partial charge in [0.15, 0.2) is 0 Å². The van der Waals surface area contributed by atoms with Crippen molar-refractivity contribution < 1.29 is 9.15 Å². The number of likely N-dealkylation sites (N-methyl/N-ethyl adjacent to an activating group) is 1. The Morgan fingerprint density at radius 2 is 1.77 bits per heavy atom. The molecule has 6 nitrogen and oxygen atoms in total. The van der Waals surface area contributed by atoms with Crippen LogP contribution in [-0.2, 0) is 6.42 Å². The molecule has 1 aliphatic heterocycles. The van der Waals surface area contributed by atoms with Gasteiger partial charge in [-0.2, -0.15) is 0 Å². The fourth-order valence-electron chi connectivity index (χ4n) is 4.57. The second kappa shape index (κ2) is 12.0. The number of hydrogen-bond acceptors (Lipinski definition) is 6. The van der Waals surface area contributed by atoms with Crippen LogP contribution in [0.1, 0.15) is 51.0 Å². The first kappa shape index (κ1) is 25.0. The fraction of sp³-hybridized carbons (Fsp3) is 0.448. The van der Waals surface area contributed by atoms with Gasteiger partial charge < -0.3 is 19.0 Å². The summed E-state index contributed by atoms with van der Waals surface area (Å²) in [5.74, 6) is 2.08. The number of rotatable bonds is 7. The third kappa shape index (κ3) is 6.51. The molecule has 0 radical (unpaired) electrons. The zero-order chi connectivity index (χ0) is 24.6. The summed E-state index contributed by atoms with van der Waals surface area (Å²) in [4.78, 5) is 4.74. The average molecular weight is 475 g/mol. The Balaban J connectivity index is 0.00000141. The lowest BCUT2D eigenvalue weighted by Crippen LogP contribution is -2.31. The minimum Gasteiger partial charge on any atom is -0.486 e. The van der Waals surface area contributed by atoms with Crippen LogP contribution in [0.4, 0.5) is 5.69 Å². The van der Waals surface area contributed by atoms with Crippen molar-refractivity contribution in [1.29, 1.82) is 0 Å². The van der Waals surface area contributed by atoms with Crippen LogP contribution in [0.15, 0.2) is 65.1 Å². The predicted molar refractivity (Wildman–Crippen MR) is 142 cm³/mol. The Kier molecular flexibility index (Phi) is 8.59. The summed E-state index contributed by atoms with van der Waals surface area (Å²) in [6, 6.07) is 17.2. The van der Waals surface area contributed by atoms with Crippen LogP contribution in [0.25, 0.3) is 11.5 Å². The molecular weight excluding hydrogens is 436 g/mol. The molecule has 2 atom stereocenters. The Morgan fingerprint density at radius 3 is 2.43 bits per heavy atom. The largest absolute Gasteiger partial charge is 0.486 e. The molecule has 1 saturated heterocycles. The van der Waals surface area contributed by atoms with Gasteiger partial charge in [-0.15, -0.1) is 10.2 Å². The van der Waals surface area contributed by atoms with Crippen molar-refractivity contribution in [3.63, 3.8) is 0 Å². The summed E-state index contributed by atoms with van der Waals surface area (Å²) < 4.78 is 12.0. The third-order valence-corrected chi connectivity index (χ3v) is 6.62. The molecule has 2 aliphatic rings. The zero-order valence-electron chi connectivity index (χ0n) is 21.5. The van der Waals surface area contributed by atoms with Crippen LogP contribution >= 0.6 is 0 Å². The Morgan fingerprint density at radius 1 is 1.00 bits per heavy atom. The summed E-state index contributed by atoms with van der Waals surface area (Å²) in [5, 5.41) is 8.53. The zero-order valence-corrected chi connectivity index (χ0v) is 21.5. The number of allylic oxidation sites excluding steroid dienone is 1. The average Bonchev–Trinajstić information content (AvgIpc) is 3.58. The number of ether oxygens (including phenoxy) is 1. The lowest BCUT2D eigenvalue weighted by molar-refractivity contribution is 0.230. The quantitative estimate of drug-likeness (QED) is 0.393. The summed E-state index contributed by atoms with van der Waals surface area (Å²) in [6.45, 7) is 6.16. The molecule has 2 unspecified atom stereocenters. The van der Waals surface area contributed by atoms with Gasteiger partial charge in [-0.05, 0) is 87.8 Å². The maximum atomic E-state index is 6.04. The van der Waals surface area contributed by atoms with Crippen LogP contribution in [0.2, 0.25) is 0 Å². The molecule has 1 aromatic heterocycles. The summed E-state index contributed by atoms with van der Waals surface area (Å²) in [5.41, 5.74) is 3.32. The molecule has 0 amide bonds. The number of benzene rings is 2. The highest BCUT2D eigenvalue weighted by atomic mass is 16.5. The second-order valence-corrected chi connectivity index (χ2v) is 9.24. The molecule has 2 aromatic carbocycles. The Bertz CT molecular complexity index is 1070. The van der Waals surface area contributed by atoms with E-state index < -0.39 is 0 Å². The van der Waals surface area contributed by atoms with Gasteiger partial charge in [0.1, 0.15) is 11.9 Å². The van der Waals surface area contributed by atoms with E-state index in [9.17, 15) is 0 Å². The molecule has 6 heteroatoms. The molecule has 0 N–H and O–H groups in total. The highest BCUT2D eigenvalue weighted by Crippen LogP contribution is 2.26. The normalized spacial score (nSPS) is 19.5. The number of aromatic nitrogens is 2. The number of anilines is 1. The Hall–Kier alpha value is -3.12. The van der Waals surface area contributed by atoms with Crippen molar-refractivity contribution in [2.24, 2.45) is 0 Å². The van der Waals surface area contributed by atoms with Crippen LogP contribution < -0.4 is 9.64 Å². The van der Waals surface area contributed by atoms with Crippen molar-refractivity contribution in [3.8, 4) is 17.2 Å². The maximum absolute atomic E-state index is 6.04. The van der Waals surface area contributed by atoms with E-state index in [-0.39, 0.29) is 6.10 Å². The standard InChI is InChI=1S/C27H32N4O2.C2H6/c1-30(2)23-16-17-31(19-23)22-12-10-21(11-13-22)27-29-28-26(33-27)18-20-8-14-25(15-9-20)32-24-6-4-3-5-7-24;1-2/h4,6,8-15,23-24H,3,5,7,16-19H2,1-2H3;1-2H3. The summed E-state index contributed by atoms with van der Waals surface area (Å²) in [6.07, 6.45) is 9.79. The molecule has 0 saturated carbocycles. The van der Waals surface area contributed by atoms with Crippen molar-refractivity contribution in [1.82, 2.24) is 15.1 Å². The van der Waals surface area contributed by atoms with Gasteiger partial charge in [0.25, 0.3) is 0 Å². The summed E-state index contributed by atoms with van der Waals surface area (Å²) >= 11 is 0. The monoisotopic (exact) mass is 474 g/mol. The lowest BCUT2D eigenvalue weighted by Gasteiger charge is -2.21. The minimum absolute atomic E-state index is 0.189. The minimum atomic E-state index is 0.189.